The molecule has 0 aromatic heterocycles. The second kappa shape index (κ2) is 3.15. The first-order valence-corrected chi connectivity index (χ1v) is 4.44. The summed E-state index contributed by atoms with van der Waals surface area (Å²) in [6, 6.07) is 8.48. The van der Waals surface area contributed by atoms with Crippen LogP contribution in [0.3, 0.4) is 0 Å². The van der Waals surface area contributed by atoms with Crippen molar-refractivity contribution in [2.24, 2.45) is 5.73 Å². The van der Waals surface area contributed by atoms with Crippen molar-refractivity contribution in [2.45, 2.75) is 12.3 Å². The Morgan fingerprint density at radius 3 is 3.08 bits per heavy atom. The van der Waals surface area contributed by atoms with Crippen molar-refractivity contribution >= 4 is 5.69 Å². The van der Waals surface area contributed by atoms with Crippen LogP contribution in [0.2, 0.25) is 0 Å². The average molecular weight is 162 g/mol. The molecule has 2 heteroatoms. The standard InChI is InChI=1S/C10H14N2/c11-6-5-8-7-12-10-4-2-1-3-9(8)10/h1-4,8,12H,5-7,11H2. The van der Waals surface area contributed by atoms with E-state index in [1.54, 1.807) is 0 Å². The van der Waals surface area contributed by atoms with Crippen molar-refractivity contribution in [2.75, 3.05) is 18.4 Å². The molecule has 1 aromatic carbocycles. The maximum Gasteiger partial charge on any atom is 0.0376 e. The Bertz CT molecular complexity index is 268. The Balaban J connectivity index is 2.24. The van der Waals surface area contributed by atoms with E-state index >= 15 is 0 Å². The van der Waals surface area contributed by atoms with E-state index < -0.39 is 0 Å². The van der Waals surface area contributed by atoms with Gasteiger partial charge in [0.05, 0.1) is 0 Å². The molecule has 0 saturated heterocycles. The summed E-state index contributed by atoms with van der Waals surface area (Å²) in [5, 5.41) is 3.38. The number of anilines is 1. The molecule has 1 aliphatic rings. The van der Waals surface area contributed by atoms with Gasteiger partial charge in [-0.2, -0.15) is 0 Å². The highest BCUT2D eigenvalue weighted by Crippen LogP contribution is 2.32. The highest BCUT2D eigenvalue weighted by atomic mass is 14.9. The number of hydrogen-bond donors (Lipinski definition) is 2. The lowest BCUT2D eigenvalue weighted by Crippen LogP contribution is -2.08. The third kappa shape index (κ3) is 1.18. The molecule has 1 atom stereocenters. The van der Waals surface area contributed by atoms with Gasteiger partial charge in [0.15, 0.2) is 0 Å². The molecule has 0 amide bonds. The second-order valence-corrected chi connectivity index (χ2v) is 3.24. The second-order valence-electron chi connectivity index (χ2n) is 3.24. The number of benzene rings is 1. The summed E-state index contributed by atoms with van der Waals surface area (Å²) in [7, 11) is 0. The SMILES string of the molecule is NCCC1CNc2ccccc21. The van der Waals surface area contributed by atoms with E-state index in [-0.39, 0.29) is 0 Å². The first-order valence-electron chi connectivity index (χ1n) is 4.44. The Hall–Kier alpha value is -1.02. The molecule has 3 N–H and O–H groups in total. The van der Waals surface area contributed by atoms with E-state index in [1.807, 2.05) is 0 Å². The molecule has 2 rings (SSSR count). The van der Waals surface area contributed by atoms with Crippen LogP contribution in [0, 0.1) is 0 Å². The van der Waals surface area contributed by atoms with Gasteiger partial charge in [0.1, 0.15) is 0 Å². The van der Waals surface area contributed by atoms with Crippen LogP contribution >= 0.6 is 0 Å². The fourth-order valence-corrected chi connectivity index (χ4v) is 1.82. The van der Waals surface area contributed by atoms with Crippen LogP contribution in [0.1, 0.15) is 17.9 Å². The van der Waals surface area contributed by atoms with E-state index in [0.29, 0.717) is 5.92 Å². The van der Waals surface area contributed by atoms with Crippen molar-refractivity contribution in [3.05, 3.63) is 29.8 Å². The molecular weight excluding hydrogens is 148 g/mol. The largest absolute Gasteiger partial charge is 0.384 e. The van der Waals surface area contributed by atoms with Crippen LogP contribution in [0.15, 0.2) is 24.3 Å². The van der Waals surface area contributed by atoms with E-state index in [1.165, 1.54) is 11.3 Å². The highest BCUT2D eigenvalue weighted by molar-refractivity contribution is 5.57. The molecule has 0 radical (unpaired) electrons. The van der Waals surface area contributed by atoms with Gasteiger partial charge in [-0.1, -0.05) is 18.2 Å². The lowest BCUT2D eigenvalue weighted by atomic mass is 9.98. The van der Waals surface area contributed by atoms with Gasteiger partial charge in [-0.05, 0) is 24.6 Å². The monoisotopic (exact) mass is 162 g/mol. The molecule has 0 fully saturated rings. The maximum atomic E-state index is 5.54. The zero-order valence-electron chi connectivity index (χ0n) is 7.09. The first-order chi connectivity index (χ1) is 5.92. The van der Waals surface area contributed by atoms with Gasteiger partial charge >= 0.3 is 0 Å². The molecule has 0 bridgehead atoms. The zero-order chi connectivity index (χ0) is 8.39. The van der Waals surface area contributed by atoms with Crippen molar-refractivity contribution in [3.63, 3.8) is 0 Å². The Labute approximate surface area is 72.8 Å². The highest BCUT2D eigenvalue weighted by Gasteiger charge is 2.19. The van der Waals surface area contributed by atoms with Crippen molar-refractivity contribution in [1.82, 2.24) is 0 Å². The zero-order valence-corrected chi connectivity index (χ0v) is 7.09. The van der Waals surface area contributed by atoms with Gasteiger partial charge in [-0.3, -0.25) is 0 Å². The molecule has 1 unspecified atom stereocenters. The molecule has 2 nitrogen and oxygen atoms in total. The molecule has 1 aliphatic heterocycles. The predicted molar refractivity (Wildman–Crippen MR) is 51.3 cm³/mol. The van der Waals surface area contributed by atoms with Gasteiger partial charge in [0.25, 0.3) is 0 Å². The molecule has 64 valence electrons. The molecule has 0 saturated carbocycles. The fraction of sp³-hybridized carbons (Fsp3) is 0.400. The third-order valence-electron chi connectivity index (χ3n) is 2.45. The minimum atomic E-state index is 0.631. The summed E-state index contributed by atoms with van der Waals surface area (Å²) in [4.78, 5) is 0. The minimum absolute atomic E-state index is 0.631. The summed E-state index contributed by atoms with van der Waals surface area (Å²) in [5.74, 6) is 0.631. The summed E-state index contributed by atoms with van der Waals surface area (Å²) in [5.41, 5.74) is 8.26. The van der Waals surface area contributed by atoms with E-state index in [2.05, 4.69) is 29.6 Å². The summed E-state index contributed by atoms with van der Waals surface area (Å²) in [6.07, 6.45) is 1.09. The maximum absolute atomic E-state index is 5.54. The van der Waals surface area contributed by atoms with Crippen LogP contribution < -0.4 is 11.1 Å². The van der Waals surface area contributed by atoms with Gasteiger partial charge in [0.2, 0.25) is 0 Å². The first kappa shape index (κ1) is 7.62. The van der Waals surface area contributed by atoms with E-state index in [4.69, 9.17) is 5.73 Å². The molecule has 0 aliphatic carbocycles. The van der Waals surface area contributed by atoms with Crippen LogP contribution in [0.4, 0.5) is 5.69 Å². The lowest BCUT2D eigenvalue weighted by molar-refractivity contribution is 0.686. The molecule has 12 heavy (non-hydrogen) atoms. The van der Waals surface area contributed by atoms with Crippen molar-refractivity contribution in [1.29, 1.82) is 0 Å². The summed E-state index contributed by atoms with van der Waals surface area (Å²) < 4.78 is 0. The van der Waals surface area contributed by atoms with Gasteiger partial charge in [0, 0.05) is 18.2 Å². The molecule has 0 spiro atoms. The Morgan fingerprint density at radius 1 is 1.42 bits per heavy atom. The summed E-state index contributed by atoms with van der Waals surface area (Å²) >= 11 is 0. The number of rotatable bonds is 2. The molecule has 1 heterocycles. The van der Waals surface area contributed by atoms with Gasteiger partial charge in [-0.15, -0.1) is 0 Å². The van der Waals surface area contributed by atoms with Gasteiger partial charge in [-0.25, -0.2) is 0 Å². The fourth-order valence-electron chi connectivity index (χ4n) is 1.82. The van der Waals surface area contributed by atoms with Gasteiger partial charge < -0.3 is 11.1 Å². The number of para-hydroxylation sites is 1. The number of nitrogens with two attached hydrogens (primary N) is 1. The quantitative estimate of drug-likeness (QED) is 0.692. The van der Waals surface area contributed by atoms with E-state index in [0.717, 1.165) is 19.5 Å². The number of nitrogens with one attached hydrogen (secondary N) is 1. The van der Waals surface area contributed by atoms with Crippen molar-refractivity contribution in [3.8, 4) is 0 Å². The normalized spacial score (nSPS) is 20.2. The lowest BCUT2D eigenvalue weighted by Gasteiger charge is -2.06. The Kier molecular flexibility index (Phi) is 2.00. The molecular formula is C10H14N2. The minimum Gasteiger partial charge on any atom is -0.384 e. The van der Waals surface area contributed by atoms with E-state index in [9.17, 15) is 0 Å². The summed E-state index contributed by atoms with van der Waals surface area (Å²) in [6.45, 7) is 1.83. The van der Waals surface area contributed by atoms with Crippen LogP contribution in [0.25, 0.3) is 0 Å². The predicted octanol–water partition coefficient (Wildman–Crippen LogP) is 1.54. The number of hydrogen-bond acceptors (Lipinski definition) is 2. The Morgan fingerprint density at radius 2 is 2.25 bits per heavy atom. The number of fused-ring (bicyclic) bond motifs is 1. The third-order valence-corrected chi connectivity index (χ3v) is 2.45. The van der Waals surface area contributed by atoms with Crippen LogP contribution in [0.5, 0.6) is 0 Å². The van der Waals surface area contributed by atoms with Crippen LogP contribution in [-0.2, 0) is 0 Å². The van der Waals surface area contributed by atoms with Crippen molar-refractivity contribution < 1.29 is 0 Å². The topological polar surface area (TPSA) is 38.0 Å². The smallest absolute Gasteiger partial charge is 0.0376 e. The molecule has 1 aromatic rings. The average Bonchev–Trinajstić information content (AvgIpc) is 2.50. The van der Waals surface area contributed by atoms with Crippen LogP contribution in [-0.4, -0.2) is 13.1 Å².